The standard InChI is InChI=1S/C17H19/c1-4-10-16(11-5-1)14-8-3-9-15-17-12-6-2-7-13-17/h1-7,10-13H,8-9,14-15H2. The van der Waals surface area contributed by atoms with Gasteiger partial charge in [0.2, 0.25) is 0 Å². The van der Waals surface area contributed by atoms with E-state index in [2.05, 4.69) is 67.1 Å². The molecule has 0 saturated carbocycles. The van der Waals surface area contributed by atoms with E-state index in [1.54, 1.807) is 0 Å². The lowest BCUT2D eigenvalue weighted by molar-refractivity contribution is 0.828. The molecule has 1 radical (unpaired) electrons. The molecule has 17 heavy (non-hydrogen) atoms. The summed E-state index contributed by atoms with van der Waals surface area (Å²) in [6, 6.07) is 21.4. The van der Waals surface area contributed by atoms with Crippen LogP contribution in [0, 0.1) is 6.42 Å². The van der Waals surface area contributed by atoms with E-state index in [-0.39, 0.29) is 0 Å². The van der Waals surface area contributed by atoms with Crippen LogP contribution in [0.3, 0.4) is 0 Å². The zero-order chi connectivity index (χ0) is 11.8. The van der Waals surface area contributed by atoms with E-state index >= 15 is 0 Å². The predicted molar refractivity (Wildman–Crippen MR) is 73.8 cm³/mol. The number of hydrogen-bond donors (Lipinski definition) is 0. The van der Waals surface area contributed by atoms with Crippen molar-refractivity contribution in [2.45, 2.75) is 25.7 Å². The van der Waals surface area contributed by atoms with Gasteiger partial charge in [-0.25, -0.2) is 0 Å². The Morgan fingerprint density at radius 3 is 1.41 bits per heavy atom. The minimum Gasteiger partial charge on any atom is -0.0622 e. The highest BCUT2D eigenvalue weighted by Crippen LogP contribution is 2.08. The van der Waals surface area contributed by atoms with Crippen LogP contribution in [0.4, 0.5) is 0 Å². The number of unbranched alkanes of at least 4 members (excludes halogenated alkanes) is 2. The molecular weight excluding hydrogens is 204 g/mol. The average molecular weight is 223 g/mol. The van der Waals surface area contributed by atoms with Crippen molar-refractivity contribution in [3.05, 3.63) is 78.2 Å². The van der Waals surface area contributed by atoms with Gasteiger partial charge in [-0.05, 0) is 43.2 Å². The summed E-state index contributed by atoms with van der Waals surface area (Å²) in [7, 11) is 0. The van der Waals surface area contributed by atoms with Gasteiger partial charge in [-0.3, -0.25) is 0 Å². The van der Waals surface area contributed by atoms with Crippen LogP contribution in [0.5, 0.6) is 0 Å². The Hall–Kier alpha value is -1.56. The monoisotopic (exact) mass is 223 g/mol. The molecule has 0 aliphatic heterocycles. The minimum absolute atomic E-state index is 1.16. The summed E-state index contributed by atoms with van der Waals surface area (Å²) in [5, 5.41) is 0. The van der Waals surface area contributed by atoms with Crippen molar-refractivity contribution in [3.8, 4) is 0 Å². The van der Waals surface area contributed by atoms with E-state index in [0.717, 1.165) is 12.8 Å². The maximum absolute atomic E-state index is 2.40. The highest BCUT2D eigenvalue weighted by molar-refractivity contribution is 5.16. The fourth-order valence-electron chi connectivity index (χ4n) is 1.97. The zero-order valence-electron chi connectivity index (χ0n) is 10.2. The van der Waals surface area contributed by atoms with Crippen molar-refractivity contribution < 1.29 is 0 Å². The van der Waals surface area contributed by atoms with Gasteiger partial charge in [0, 0.05) is 0 Å². The summed E-state index contributed by atoms with van der Waals surface area (Å²) in [6.45, 7) is 0. The molecule has 0 aliphatic rings. The molecular formula is C17H19. The van der Waals surface area contributed by atoms with Crippen LogP contribution in [-0.4, -0.2) is 0 Å². The third-order valence-electron chi connectivity index (χ3n) is 2.96. The number of rotatable bonds is 6. The molecule has 0 bridgehead atoms. The fourth-order valence-corrected chi connectivity index (χ4v) is 1.97. The second-order valence-corrected chi connectivity index (χ2v) is 4.34. The van der Waals surface area contributed by atoms with Crippen molar-refractivity contribution in [2.75, 3.05) is 0 Å². The average Bonchev–Trinajstić information content (AvgIpc) is 2.41. The molecule has 0 nitrogen and oxygen atoms in total. The van der Waals surface area contributed by atoms with Crippen LogP contribution in [0.25, 0.3) is 0 Å². The summed E-state index contributed by atoms with van der Waals surface area (Å²) in [4.78, 5) is 0. The van der Waals surface area contributed by atoms with Gasteiger partial charge in [-0.2, -0.15) is 0 Å². The Labute approximate surface area is 104 Å². The molecule has 0 saturated heterocycles. The SMILES string of the molecule is [CH](CCc1ccccc1)CCc1ccccc1. The smallest absolute Gasteiger partial charge is 0.0276 e. The first-order valence-electron chi connectivity index (χ1n) is 6.34. The van der Waals surface area contributed by atoms with Crippen molar-refractivity contribution in [1.29, 1.82) is 0 Å². The fraction of sp³-hybridized carbons (Fsp3) is 0.235. The van der Waals surface area contributed by atoms with Crippen LogP contribution in [-0.2, 0) is 12.8 Å². The third-order valence-corrected chi connectivity index (χ3v) is 2.96. The molecule has 0 atom stereocenters. The maximum Gasteiger partial charge on any atom is -0.0276 e. The van der Waals surface area contributed by atoms with Gasteiger partial charge in [0.1, 0.15) is 0 Å². The molecule has 0 unspecified atom stereocenters. The molecule has 87 valence electrons. The first-order chi connectivity index (χ1) is 8.45. The zero-order valence-corrected chi connectivity index (χ0v) is 10.2. The number of hydrogen-bond acceptors (Lipinski definition) is 0. The largest absolute Gasteiger partial charge is 0.0622 e. The van der Waals surface area contributed by atoms with E-state index in [1.807, 2.05) is 0 Å². The van der Waals surface area contributed by atoms with Gasteiger partial charge in [0.15, 0.2) is 0 Å². The third kappa shape index (κ3) is 4.44. The molecule has 0 heterocycles. The Kier molecular flexibility index (Phi) is 4.84. The van der Waals surface area contributed by atoms with Gasteiger partial charge in [-0.1, -0.05) is 60.7 Å². The topological polar surface area (TPSA) is 0 Å². The summed E-state index contributed by atoms with van der Waals surface area (Å²) >= 11 is 0. The Bertz CT molecular complexity index is 361. The van der Waals surface area contributed by atoms with E-state index in [0.29, 0.717) is 0 Å². The second-order valence-electron chi connectivity index (χ2n) is 4.34. The van der Waals surface area contributed by atoms with E-state index in [9.17, 15) is 0 Å². The second kappa shape index (κ2) is 6.90. The highest BCUT2D eigenvalue weighted by Gasteiger charge is 1.94. The Balaban J connectivity index is 1.61. The summed E-state index contributed by atoms with van der Waals surface area (Å²) in [5.74, 6) is 0. The van der Waals surface area contributed by atoms with Crippen molar-refractivity contribution in [2.24, 2.45) is 0 Å². The lowest BCUT2D eigenvalue weighted by Crippen LogP contribution is -1.89. The van der Waals surface area contributed by atoms with Crippen LogP contribution >= 0.6 is 0 Å². The van der Waals surface area contributed by atoms with E-state index in [1.165, 1.54) is 24.0 Å². The molecule has 2 aromatic carbocycles. The molecule has 2 rings (SSSR count). The van der Waals surface area contributed by atoms with Gasteiger partial charge in [-0.15, -0.1) is 0 Å². The van der Waals surface area contributed by atoms with Crippen LogP contribution in [0.1, 0.15) is 24.0 Å². The minimum atomic E-state index is 1.16. The Morgan fingerprint density at radius 1 is 0.588 bits per heavy atom. The van der Waals surface area contributed by atoms with Crippen molar-refractivity contribution in [3.63, 3.8) is 0 Å². The summed E-state index contributed by atoms with van der Waals surface area (Å²) in [5.41, 5.74) is 2.87. The maximum atomic E-state index is 2.40. The lowest BCUT2D eigenvalue weighted by Gasteiger charge is -2.02. The normalized spacial score (nSPS) is 10.4. The quantitative estimate of drug-likeness (QED) is 0.634. The van der Waals surface area contributed by atoms with Gasteiger partial charge < -0.3 is 0 Å². The van der Waals surface area contributed by atoms with Crippen molar-refractivity contribution >= 4 is 0 Å². The highest BCUT2D eigenvalue weighted by atomic mass is 14.0. The van der Waals surface area contributed by atoms with Gasteiger partial charge in [0.05, 0.1) is 0 Å². The van der Waals surface area contributed by atoms with Crippen LogP contribution < -0.4 is 0 Å². The summed E-state index contributed by atoms with van der Waals surface area (Å²) < 4.78 is 0. The van der Waals surface area contributed by atoms with Crippen molar-refractivity contribution in [1.82, 2.24) is 0 Å². The van der Waals surface area contributed by atoms with Gasteiger partial charge >= 0.3 is 0 Å². The lowest BCUT2D eigenvalue weighted by atomic mass is 10.0. The first kappa shape index (κ1) is 11.9. The first-order valence-corrected chi connectivity index (χ1v) is 6.34. The summed E-state index contributed by atoms with van der Waals surface area (Å²) in [6.07, 6.45) is 7.08. The Morgan fingerprint density at radius 2 is 1.00 bits per heavy atom. The molecule has 0 aromatic heterocycles. The molecule has 0 fully saturated rings. The molecule has 0 heteroatoms. The van der Waals surface area contributed by atoms with E-state index in [4.69, 9.17) is 0 Å². The molecule has 0 amide bonds. The number of aryl methyl sites for hydroxylation is 2. The molecule has 0 N–H and O–H groups in total. The molecule has 0 aliphatic carbocycles. The molecule has 0 spiro atoms. The number of benzene rings is 2. The molecule has 2 aromatic rings. The van der Waals surface area contributed by atoms with Gasteiger partial charge in [0.25, 0.3) is 0 Å². The predicted octanol–water partition coefficient (Wildman–Crippen LogP) is 4.46. The van der Waals surface area contributed by atoms with Crippen LogP contribution in [0.15, 0.2) is 60.7 Å². The van der Waals surface area contributed by atoms with E-state index < -0.39 is 0 Å². The van der Waals surface area contributed by atoms with Crippen LogP contribution in [0.2, 0.25) is 0 Å².